The van der Waals surface area contributed by atoms with Crippen LogP contribution in [-0.4, -0.2) is 14.8 Å². The molecule has 2 aromatic heterocycles. The van der Waals surface area contributed by atoms with Crippen LogP contribution in [0.1, 0.15) is 26.3 Å². The van der Waals surface area contributed by atoms with Crippen LogP contribution in [0.25, 0.3) is 27.8 Å². The van der Waals surface area contributed by atoms with Gasteiger partial charge in [-0.2, -0.15) is 5.10 Å². The van der Waals surface area contributed by atoms with Gasteiger partial charge in [-0.15, -0.1) is 0 Å². The minimum Gasteiger partial charge on any atom is -0.248 e. The van der Waals surface area contributed by atoms with Crippen molar-refractivity contribution in [3.05, 3.63) is 78.6 Å². The molecule has 2 heterocycles. The third-order valence-electron chi connectivity index (χ3n) is 4.45. The van der Waals surface area contributed by atoms with Gasteiger partial charge in [0.15, 0.2) is 0 Å². The van der Waals surface area contributed by atoms with Crippen molar-refractivity contribution in [2.45, 2.75) is 26.2 Å². The summed E-state index contributed by atoms with van der Waals surface area (Å²) in [5, 5.41) is 5.69. The molecule has 0 bridgehead atoms. The van der Waals surface area contributed by atoms with E-state index in [0.29, 0.717) is 0 Å². The lowest BCUT2D eigenvalue weighted by Gasteiger charge is -2.19. The molecule has 0 N–H and O–H groups in total. The number of para-hydroxylation sites is 1. The van der Waals surface area contributed by atoms with Gasteiger partial charge in [-0.1, -0.05) is 57.2 Å². The van der Waals surface area contributed by atoms with Crippen LogP contribution in [-0.2, 0) is 5.41 Å². The highest BCUT2D eigenvalue weighted by atomic mass is 15.3. The molecular formula is C22H21N3. The van der Waals surface area contributed by atoms with Crippen molar-refractivity contribution in [2.75, 3.05) is 0 Å². The number of aromatic nitrogens is 3. The van der Waals surface area contributed by atoms with E-state index in [9.17, 15) is 0 Å². The Morgan fingerprint density at radius 3 is 2.56 bits per heavy atom. The van der Waals surface area contributed by atoms with Crippen LogP contribution < -0.4 is 0 Å². The largest absolute Gasteiger partial charge is 0.248 e. The first-order valence-electron chi connectivity index (χ1n) is 8.52. The number of nitrogens with zero attached hydrogens (tertiary/aromatic N) is 3. The Morgan fingerprint density at radius 2 is 1.72 bits per heavy atom. The van der Waals surface area contributed by atoms with Crippen molar-refractivity contribution < 1.29 is 0 Å². The van der Waals surface area contributed by atoms with E-state index in [2.05, 4.69) is 68.3 Å². The van der Waals surface area contributed by atoms with Gasteiger partial charge in [0.2, 0.25) is 0 Å². The fourth-order valence-electron chi connectivity index (χ4n) is 2.94. The summed E-state index contributed by atoms with van der Waals surface area (Å²) >= 11 is 0. The molecule has 0 fully saturated rings. The first kappa shape index (κ1) is 15.6. The second-order valence-electron chi connectivity index (χ2n) is 7.36. The molecular weight excluding hydrogens is 306 g/mol. The van der Waals surface area contributed by atoms with E-state index in [1.807, 2.05) is 35.3 Å². The maximum atomic E-state index is 4.76. The van der Waals surface area contributed by atoms with E-state index in [1.54, 1.807) is 0 Å². The molecule has 124 valence electrons. The molecule has 0 radical (unpaired) electrons. The third-order valence-corrected chi connectivity index (χ3v) is 4.45. The number of hydrogen-bond acceptors (Lipinski definition) is 2. The highest BCUT2D eigenvalue weighted by Gasteiger charge is 2.14. The SMILES string of the molecule is CC(C)(C)c1cccc(-n2cc(-c3ccc4ccccc4n3)cn2)c1. The van der Waals surface area contributed by atoms with Crippen LogP contribution in [0.5, 0.6) is 0 Å². The van der Waals surface area contributed by atoms with Crippen LogP contribution in [0, 0.1) is 0 Å². The molecule has 4 aromatic rings. The lowest BCUT2D eigenvalue weighted by molar-refractivity contribution is 0.589. The van der Waals surface area contributed by atoms with Gasteiger partial charge in [-0.05, 0) is 35.2 Å². The fraction of sp³-hybridized carbons (Fsp3) is 0.182. The zero-order valence-electron chi connectivity index (χ0n) is 14.8. The zero-order chi connectivity index (χ0) is 17.4. The average Bonchev–Trinajstić information content (AvgIpc) is 3.11. The minimum absolute atomic E-state index is 0.117. The molecule has 0 atom stereocenters. The van der Waals surface area contributed by atoms with E-state index in [1.165, 1.54) is 5.56 Å². The lowest BCUT2D eigenvalue weighted by Crippen LogP contribution is -2.11. The smallest absolute Gasteiger partial charge is 0.0741 e. The summed E-state index contributed by atoms with van der Waals surface area (Å²) in [5.41, 5.74) is 5.45. The first-order chi connectivity index (χ1) is 12.0. The molecule has 0 aliphatic carbocycles. The Bertz CT molecular complexity index is 1040. The number of benzene rings is 2. The number of rotatable bonds is 2. The Kier molecular flexibility index (Phi) is 3.65. The summed E-state index contributed by atoms with van der Waals surface area (Å²) in [6.45, 7) is 6.67. The Labute approximate surface area is 148 Å². The molecule has 0 saturated heterocycles. The predicted molar refractivity (Wildman–Crippen MR) is 103 cm³/mol. The van der Waals surface area contributed by atoms with E-state index in [-0.39, 0.29) is 5.41 Å². The predicted octanol–water partition coefficient (Wildman–Crippen LogP) is 5.39. The second-order valence-corrected chi connectivity index (χ2v) is 7.36. The lowest BCUT2D eigenvalue weighted by atomic mass is 9.87. The summed E-state index contributed by atoms with van der Waals surface area (Å²) in [7, 11) is 0. The van der Waals surface area contributed by atoms with E-state index in [0.717, 1.165) is 27.8 Å². The van der Waals surface area contributed by atoms with Crippen LogP contribution >= 0.6 is 0 Å². The molecule has 3 heteroatoms. The quantitative estimate of drug-likeness (QED) is 0.494. The molecule has 0 spiro atoms. The van der Waals surface area contributed by atoms with Gasteiger partial charge in [0.25, 0.3) is 0 Å². The van der Waals surface area contributed by atoms with Gasteiger partial charge in [0.1, 0.15) is 0 Å². The van der Waals surface area contributed by atoms with Gasteiger partial charge >= 0.3 is 0 Å². The highest BCUT2D eigenvalue weighted by molar-refractivity contribution is 5.81. The van der Waals surface area contributed by atoms with Gasteiger partial charge in [0.05, 0.1) is 23.1 Å². The maximum absolute atomic E-state index is 4.76. The molecule has 0 unspecified atom stereocenters. The van der Waals surface area contributed by atoms with Crippen molar-refractivity contribution in [3.63, 3.8) is 0 Å². The average molecular weight is 327 g/mol. The van der Waals surface area contributed by atoms with E-state index >= 15 is 0 Å². The third kappa shape index (κ3) is 3.05. The molecule has 0 aliphatic rings. The monoisotopic (exact) mass is 327 g/mol. The van der Waals surface area contributed by atoms with Gasteiger partial charge in [-0.3, -0.25) is 0 Å². The normalized spacial score (nSPS) is 11.8. The van der Waals surface area contributed by atoms with Crippen LogP contribution in [0.3, 0.4) is 0 Å². The molecule has 25 heavy (non-hydrogen) atoms. The maximum Gasteiger partial charge on any atom is 0.0741 e. The number of fused-ring (bicyclic) bond motifs is 1. The molecule has 3 nitrogen and oxygen atoms in total. The van der Waals surface area contributed by atoms with Crippen molar-refractivity contribution in [1.82, 2.24) is 14.8 Å². The second kappa shape index (κ2) is 5.85. The molecule has 0 amide bonds. The van der Waals surface area contributed by atoms with Gasteiger partial charge < -0.3 is 0 Å². The minimum atomic E-state index is 0.117. The van der Waals surface area contributed by atoms with E-state index < -0.39 is 0 Å². The van der Waals surface area contributed by atoms with Gasteiger partial charge in [0, 0.05) is 17.1 Å². The standard InChI is InChI=1S/C22H21N3/c1-22(2,3)18-8-6-9-19(13-18)25-15-17(14-23-25)21-12-11-16-7-4-5-10-20(16)24-21/h4-15H,1-3H3. The van der Waals surface area contributed by atoms with E-state index in [4.69, 9.17) is 4.98 Å². The van der Waals surface area contributed by atoms with Crippen LogP contribution in [0.15, 0.2) is 73.1 Å². The fourth-order valence-corrected chi connectivity index (χ4v) is 2.94. The van der Waals surface area contributed by atoms with Gasteiger partial charge in [-0.25, -0.2) is 9.67 Å². The van der Waals surface area contributed by atoms with Crippen molar-refractivity contribution in [1.29, 1.82) is 0 Å². The Balaban J connectivity index is 1.72. The molecule has 0 saturated carbocycles. The van der Waals surface area contributed by atoms with Crippen LogP contribution in [0.2, 0.25) is 0 Å². The Hall–Kier alpha value is -2.94. The Morgan fingerprint density at radius 1 is 0.880 bits per heavy atom. The first-order valence-corrected chi connectivity index (χ1v) is 8.52. The highest BCUT2D eigenvalue weighted by Crippen LogP contribution is 2.25. The summed E-state index contributed by atoms with van der Waals surface area (Å²) in [6.07, 6.45) is 3.92. The van der Waals surface area contributed by atoms with Crippen molar-refractivity contribution >= 4 is 10.9 Å². The summed E-state index contributed by atoms with van der Waals surface area (Å²) in [6, 6.07) is 20.9. The van der Waals surface area contributed by atoms with Crippen LogP contribution in [0.4, 0.5) is 0 Å². The zero-order valence-corrected chi connectivity index (χ0v) is 14.8. The molecule has 2 aromatic carbocycles. The van der Waals surface area contributed by atoms with Crippen molar-refractivity contribution in [2.24, 2.45) is 0 Å². The summed E-state index contributed by atoms with van der Waals surface area (Å²) in [4.78, 5) is 4.76. The number of hydrogen-bond donors (Lipinski definition) is 0. The summed E-state index contributed by atoms with van der Waals surface area (Å²) in [5.74, 6) is 0. The number of pyridine rings is 1. The topological polar surface area (TPSA) is 30.7 Å². The molecule has 4 rings (SSSR count). The summed E-state index contributed by atoms with van der Waals surface area (Å²) < 4.78 is 1.92. The van der Waals surface area contributed by atoms with Crippen molar-refractivity contribution in [3.8, 4) is 16.9 Å². The molecule has 0 aliphatic heterocycles.